The Morgan fingerprint density at radius 3 is 2.80 bits per heavy atom. The highest BCUT2D eigenvalue weighted by molar-refractivity contribution is 5.78. The lowest BCUT2D eigenvalue weighted by atomic mass is 9.93. The first-order chi connectivity index (χ1) is 7.06. The average Bonchev–Trinajstić information content (AvgIpc) is 2.18. The van der Waals surface area contributed by atoms with E-state index in [2.05, 4.69) is 0 Å². The topological polar surface area (TPSA) is 63.3 Å². The van der Waals surface area contributed by atoms with Gasteiger partial charge in [-0.25, -0.2) is 4.39 Å². The van der Waals surface area contributed by atoms with Gasteiger partial charge >= 0.3 is 5.97 Å². The van der Waals surface area contributed by atoms with Crippen LogP contribution in [0.1, 0.15) is 31.2 Å². The fourth-order valence-corrected chi connectivity index (χ4v) is 1.55. The zero-order chi connectivity index (χ0) is 11.4. The molecule has 3 nitrogen and oxygen atoms in total. The number of carbonyl (C=O) groups is 1. The van der Waals surface area contributed by atoms with Crippen molar-refractivity contribution in [3.63, 3.8) is 0 Å². The molecule has 0 radical (unpaired) electrons. The monoisotopic (exact) mass is 211 g/mol. The molecule has 0 aliphatic carbocycles. The number of aliphatic carboxylic acids is 1. The average molecular weight is 211 g/mol. The van der Waals surface area contributed by atoms with Gasteiger partial charge in [0.25, 0.3) is 0 Å². The summed E-state index contributed by atoms with van der Waals surface area (Å²) in [6, 6.07) is 3.82. The molecule has 1 unspecified atom stereocenters. The Hall–Kier alpha value is -1.58. The van der Waals surface area contributed by atoms with E-state index < -0.39 is 17.7 Å². The molecule has 15 heavy (non-hydrogen) atoms. The first kappa shape index (κ1) is 11.5. The SMILES string of the molecule is CCCC(C(=O)O)c1cc(F)ccc1N. The number of carboxylic acids is 1. The minimum Gasteiger partial charge on any atom is -0.481 e. The molecule has 3 N–H and O–H groups in total. The van der Waals surface area contributed by atoms with Crippen LogP contribution in [0.15, 0.2) is 18.2 Å². The summed E-state index contributed by atoms with van der Waals surface area (Å²) in [6.07, 6.45) is 1.18. The molecule has 1 aromatic carbocycles. The largest absolute Gasteiger partial charge is 0.481 e. The second-order valence-corrected chi connectivity index (χ2v) is 3.45. The summed E-state index contributed by atoms with van der Waals surface area (Å²) < 4.78 is 13.0. The number of benzene rings is 1. The van der Waals surface area contributed by atoms with Crippen LogP contribution in [-0.4, -0.2) is 11.1 Å². The van der Waals surface area contributed by atoms with Crippen molar-refractivity contribution in [2.75, 3.05) is 5.73 Å². The fraction of sp³-hybridized carbons (Fsp3) is 0.364. The normalized spacial score (nSPS) is 12.4. The van der Waals surface area contributed by atoms with Crippen LogP contribution in [0.5, 0.6) is 0 Å². The number of halogens is 1. The second kappa shape index (κ2) is 4.77. The summed E-state index contributed by atoms with van der Waals surface area (Å²) in [4.78, 5) is 11.0. The predicted octanol–water partition coefficient (Wildman–Crippen LogP) is 2.38. The molecule has 1 aromatic rings. The van der Waals surface area contributed by atoms with Gasteiger partial charge in [0.05, 0.1) is 5.92 Å². The zero-order valence-corrected chi connectivity index (χ0v) is 8.53. The van der Waals surface area contributed by atoms with Crippen LogP contribution < -0.4 is 5.73 Å². The summed E-state index contributed by atoms with van der Waals surface area (Å²) in [7, 11) is 0. The van der Waals surface area contributed by atoms with E-state index in [1.54, 1.807) is 0 Å². The van der Waals surface area contributed by atoms with Crippen molar-refractivity contribution in [1.82, 2.24) is 0 Å². The van der Waals surface area contributed by atoms with E-state index in [4.69, 9.17) is 10.8 Å². The van der Waals surface area contributed by atoms with E-state index in [0.717, 1.165) is 0 Å². The molecule has 0 heterocycles. The molecular weight excluding hydrogens is 197 g/mol. The summed E-state index contributed by atoms with van der Waals surface area (Å²) in [5.41, 5.74) is 6.32. The van der Waals surface area contributed by atoms with Crippen molar-refractivity contribution >= 4 is 11.7 Å². The lowest BCUT2D eigenvalue weighted by molar-refractivity contribution is -0.139. The van der Waals surface area contributed by atoms with E-state index >= 15 is 0 Å². The van der Waals surface area contributed by atoms with E-state index in [9.17, 15) is 9.18 Å². The quantitative estimate of drug-likeness (QED) is 0.751. The molecule has 1 atom stereocenters. The van der Waals surface area contributed by atoms with Gasteiger partial charge in [0.15, 0.2) is 0 Å². The van der Waals surface area contributed by atoms with Gasteiger partial charge in [0.1, 0.15) is 5.82 Å². The number of anilines is 1. The van der Waals surface area contributed by atoms with Crippen LogP contribution in [0, 0.1) is 5.82 Å². The smallest absolute Gasteiger partial charge is 0.311 e. The Morgan fingerprint density at radius 1 is 1.60 bits per heavy atom. The molecule has 0 amide bonds. The standard InChI is InChI=1S/C11H14FNO2/c1-2-3-8(11(14)15)9-6-7(12)4-5-10(9)13/h4-6,8H,2-3,13H2,1H3,(H,14,15). The minimum absolute atomic E-state index is 0.331. The van der Waals surface area contributed by atoms with Crippen molar-refractivity contribution in [3.8, 4) is 0 Å². The van der Waals surface area contributed by atoms with Crippen molar-refractivity contribution in [2.45, 2.75) is 25.7 Å². The van der Waals surface area contributed by atoms with E-state index in [0.29, 0.717) is 24.1 Å². The van der Waals surface area contributed by atoms with Crippen LogP contribution in [0.4, 0.5) is 10.1 Å². The second-order valence-electron chi connectivity index (χ2n) is 3.45. The Labute approximate surface area is 87.7 Å². The molecule has 82 valence electrons. The van der Waals surface area contributed by atoms with Crippen LogP contribution in [-0.2, 0) is 4.79 Å². The number of hydrogen-bond donors (Lipinski definition) is 2. The Balaban J connectivity index is 3.09. The number of nitrogens with two attached hydrogens (primary N) is 1. The third kappa shape index (κ3) is 2.68. The van der Waals surface area contributed by atoms with Crippen LogP contribution in [0.2, 0.25) is 0 Å². The van der Waals surface area contributed by atoms with Crippen molar-refractivity contribution in [3.05, 3.63) is 29.6 Å². The summed E-state index contributed by atoms with van der Waals surface area (Å²) in [6.45, 7) is 1.88. The van der Waals surface area contributed by atoms with E-state index in [1.807, 2.05) is 6.92 Å². The van der Waals surface area contributed by atoms with Crippen molar-refractivity contribution in [2.24, 2.45) is 0 Å². The number of rotatable bonds is 4. The molecule has 0 fully saturated rings. The number of nitrogen functional groups attached to an aromatic ring is 1. The number of hydrogen-bond acceptors (Lipinski definition) is 2. The minimum atomic E-state index is -0.964. The molecule has 0 saturated heterocycles. The first-order valence-corrected chi connectivity index (χ1v) is 4.84. The van der Waals surface area contributed by atoms with E-state index in [-0.39, 0.29) is 0 Å². The molecule has 0 spiro atoms. The van der Waals surface area contributed by atoms with Crippen LogP contribution in [0.25, 0.3) is 0 Å². The first-order valence-electron chi connectivity index (χ1n) is 4.84. The van der Waals surface area contributed by atoms with Crippen LogP contribution >= 0.6 is 0 Å². The van der Waals surface area contributed by atoms with Gasteiger partial charge in [0.2, 0.25) is 0 Å². The summed E-state index contributed by atoms with van der Waals surface area (Å²) in [5, 5.41) is 9.00. The van der Waals surface area contributed by atoms with Crippen molar-refractivity contribution < 1.29 is 14.3 Å². The zero-order valence-electron chi connectivity index (χ0n) is 8.53. The van der Waals surface area contributed by atoms with Gasteiger partial charge in [-0.1, -0.05) is 13.3 Å². The Bertz CT molecular complexity index is 366. The third-order valence-electron chi connectivity index (χ3n) is 2.30. The van der Waals surface area contributed by atoms with Gasteiger partial charge in [-0.3, -0.25) is 4.79 Å². The van der Waals surface area contributed by atoms with E-state index in [1.165, 1.54) is 18.2 Å². The lowest BCUT2D eigenvalue weighted by Gasteiger charge is -2.13. The third-order valence-corrected chi connectivity index (χ3v) is 2.30. The summed E-state index contributed by atoms with van der Waals surface area (Å²) in [5.74, 6) is -2.14. The van der Waals surface area contributed by atoms with Gasteiger partial charge in [-0.05, 0) is 30.2 Å². The molecule has 4 heteroatoms. The maximum atomic E-state index is 13.0. The van der Waals surface area contributed by atoms with Crippen molar-refractivity contribution in [1.29, 1.82) is 0 Å². The highest BCUT2D eigenvalue weighted by Crippen LogP contribution is 2.27. The molecule has 0 saturated carbocycles. The van der Waals surface area contributed by atoms with Gasteiger partial charge in [-0.15, -0.1) is 0 Å². The molecule has 0 aromatic heterocycles. The maximum absolute atomic E-state index is 13.0. The van der Waals surface area contributed by atoms with Gasteiger partial charge in [-0.2, -0.15) is 0 Å². The Morgan fingerprint density at radius 2 is 2.27 bits per heavy atom. The highest BCUT2D eigenvalue weighted by Gasteiger charge is 2.21. The van der Waals surface area contributed by atoms with Crippen LogP contribution in [0.3, 0.4) is 0 Å². The van der Waals surface area contributed by atoms with Gasteiger partial charge < -0.3 is 10.8 Å². The van der Waals surface area contributed by atoms with Gasteiger partial charge in [0, 0.05) is 5.69 Å². The lowest BCUT2D eigenvalue weighted by Crippen LogP contribution is -2.13. The highest BCUT2D eigenvalue weighted by atomic mass is 19.1. The maximum Gasteiger partial charge on any atom is 0.311 e. The molecule has 0 aliphatic rings. The molecule has 0 aliphatic heterocycles. The molecule has 0 bridgehead atoms. The fourth-order valence-electron chi connectivity index (χ4n) is 1.55. The predicted molar refractivity (Wildman–Crippen MR) is 56.1 cm³/mol. The molecule has 1 rings (SSSR count). The molecular formula is C11H14FNO2. The Kier molecular flexibility index (Phi) is 3.66. The number of carboxylic acid groups (broad SMARTS) is 1. The summed E-state index contributed by atoms with van der Waals surface area (Å²) >= 11 is 0.